The van der Waals surface area contributed by atoms with Crippen molar-refractivity contribution < 1.29 is 19.1 Å². The molecule has 0 spiro atoms. The number of imide groups is 1. The Labute approximate surface area is 158 Å². The number of esters is 1. The lowest BCUT2D eigenvalue weighted by Crippen LogP contribution is -2.35. The molecule has 0 fully saturated rings. The third-order valence-corrected chi connectivity index (χ3v) is 4.42. The number of nitrogens with zero attached hydrogens (tertiary/aromatic N) is 1. The van der Waals surface area contributed by atoms with Crippen molar-refractivity contribution in [2.75, 3.05) is 6.61 Å². The first-order valence-electron chi connectivity index (χ1n) is 8.80. The van der Waals surface area contributed by atoms with Crippen LogP contribution in [-0.4, -0.2) is 29.3 Å². The van der Waals surface area contributed by atoms with E-state index in [4.69, 9.17) is 4.74 Å². The molecule has 0 saturated carbocycles. The summed E-state index contributed by atoms with van der Waals surface area (Å²) in [6, 6.07) is 15.1. The Morgan fingerprint density at radius 1 is 0.963 bits per heavy atom. The molecule has 5 heteroatoms. The molecule has 5 nitrogen and oxygen atoms in total. The maximum absolute atomic E-state index is 12.9. The van der Waals surface area contributed by atoms with Gasteiger partial charge in [0.25, 0.3) is 11.8 Å². The lowest BCUT2D eigenvalue weighted by molar-refractivity contribution is -0.143. The molecule has 2 aromatic rings. The van der Waals surface area contributed by atoms with E-state index in [-0.39, 0.29) is 24.8 Å². The summed E-state index contributed by atoms with van der Waals surface area (Å²) in [5.41, 5.74) is 2.48. The minimum Gasteiger partial charge on any atom is -0.461 e. The standard InChI is InChI=1S/C22H21NO4/c1-15(2)12-13-27-20(24)14-19(16-8-4-3-5-9-16)23-21(25)17-10-6-7-11-18(17)22(23)26/h3-12,19H,13-14H2,1-2H3. The number of carbonyl (C=O) groups is 3. The van der Waals surface area contributed by atoms with Gasteiger partial charge in [-0.25, -0.2) is 0 Å². The van der Waals surface area contributed by atoms with Crippen LogP contribution < -0.4 is 0 Å². The van der Waals surface area contributed by atoms with Crippen molar-refractivity contribution in [2.24, 2.45) is 0 Å². The lowest BCUT2D eigenvalue weighted by Gasteiger charge is -2.26. The largest absolute Gasteiger partial charge is 0.461 e. The highest BCUT2D eigenvalue weighted by atomic mass is 16.5. The van der Waals surface area contributed by atoms with E-state index in [0.29, 0.717) is 16.7 Å². The van der Waals surface area contributed by atoms with Gasteiger partial charge in [0.15, 0.2) is 0 Å². The molecule has 3 rings (SSSR count). The first-order chi connectivity index (χ1) is 13.0. The van der Waals surface area contributed by atoms with Crippen LogP contribution in [0.3, 0.4) is 0 Å². The Kier molecular flexibility index (Phi) is 5.50. The number of benzene rings is 2. The van der Waals surface area contributed by atoms with Crippen LogP contribution in [-0.2, 0) is 9.53 Å². The topological polar surface area (TPSA) is 63.7 Å². The van der Waals surface area contributed by atoms with E-state index in [0.717, 1.165) is 5.57 Å². The second-order valence-corrected chi connectivity index (χ2v) is 6.62. The van der Waals surface area contributed by atoms with Crippen LogP contribution in [0.1, 0.15) is 52.6 Å². The molecule has 0 aliphatic carbocycles. The molecule has 138 valence electrons. The van der Waals surface area contributed by atoms with Gasteiger partial charge in [-0.05, 0) is 37.6 Å². The Bertz CT molecular complexity index is 863. The zero-order chi connectivity index (χ0) is 19.4. The van der Waals surface area contributed by atoms with Gasteiger partial charge in [-0.1, -0.05) is 48.0 Å². The number of allylic oxidation sites excluding steroid dienone is 1. The summed E-state index contributed by atoms with van der Waals surface area (Å²) < 4.78 is 5.25. The van der Waals surface area contributed by atoms with E-state index >= 15 is 0 Å². The highest BCUT2D eigenvalue weighted by Gasteiger charge is 2.41. The van der Waals surface area contributed by atoms with Crippen LogP contribution in [0.15, 0.2) is 66.2 Å². The zero-order valence-electron chi connectivity index (χ0n) is 15.3. The molecule has 0 N–H and O–H groups in total. The van der Waals surface area contributed by atoms with Crippen LogP contribution in [0.4, 0.5) is 0 Å². The van der Waals surface area contributed by atoms with Crippen molar-refractivity contribution in [3.8, 4) is 0 Å². The monoisotopic (exact) mass is 363 g/mol. The van der Waals surface area contributed by atoms with E-state index in [1.54, 1.807) is 42.5 Å². The van der Waals surface area contributed by atoms with Crippen LogP contribution in [0.2, 0.25) is 0 Å². The maximum Gasteiger partial charge on any atom is 0.308 e. The first-order valence-corrected chi connectivity index (χ1v) is 8.80. The van der Waals surface area contributed by atoms with Gasteiger partial charge in [-0.15, -0.1) is 0 Å². The van der Waals surface area contributed by atoms with Gasteiger partial charge in [0, 0.05) is 0 Å². The van der Waals surface area contributed by atoms with Crippen molar-refractivity contribution in [3.63, 3.8) is 0 Å². The Balaban J connectivity index is 1.88. The lowest BCUT2D eigenvalue weighted by atomic mass is 10.0. The van der Waals surface area contributed by atoms with Gasteiger partial charge in [-0.3, -0.25) is 19.3 Å². The van der Waals surface area contributed by atoms with Crippen LogP contribution in [0, 0.1) is 0 Å². The Morgan fingerprint density at radius 3 is 2.07 bits per heavy atom. The van der Waals surface area contributed by atoms with Gasteiger partial charge < -0.3 is 4.74 Å². The van der Waals surface area contributed by atoms with E-state index in [1.165, 1.54) is 4.90 Å². The van der Waals surface area contributed by atoms with Crippen molar-refractivity contribution in [1.82, 2.24) is 4.90 Å². The summed E-state index contributed by atoms with van der Waals surface area (Å²) in [5, 5.41) is 0. The molecular formula is C22H21NO4. The molecule has 2 aromatic carbocycles. The molecule has 27 heavy (non-hydrogen) atoms. The third kappa shape index (κ3) is 3.97. The van der Waals surface area contributed by atoms with E-state index in [1.807, 2.05) is 32.0 Å². The Morgan fingerprint density at radius 2 is 1.52 bits per heavy atom. The SMILES string of the molecule is CC(C)=CCOC(=O)CC(c1ccccc1)N1C(=O)c2ccccc2C1=O. The number of fused-ring (bicyclic) bond motifs is 1. The molecule has 1 atom stereocenters. The zero-order valence-corrected chi connectivity index (χ0v) is 15.3. The molecular weight excluding hydrogens is 342 g/mol. The fourth-order valence-electron chi connectivity index (χ4n) is 3.04. The van der Waals surface area contributed by atoms with Crippen molar-refractivity contribution in [1.29, 1.82) is 0 Å². The molecule has 0 bridgehead atoms. The summed E-state index contributed by atoms with van der Waals surface area (Å²) in [6.45, 7) is 4.00. The molecule has 1 aliphatic rings. The van der Waals surface area contributed by atoms with Gasteiger partial charge >= 0.3 is 5.97 Å². The molecule has 0 aromatic heterocycles. The highest BCUT2D eigenvalue weighted by molar-refractivity contribution is 6.21. The fraction of sp³-hybridized carbons (Fsp3) is 0.227. The van der Waals surface area contributed by atoms with Gasteiger partial charge in [-0.2, -0.15) is 0 Å². The number of carbonyl (C=O) groups excluding carboxylic acids is 3. The highest BCUT2D eigenvalue weighted by Crippen LogP contribution is 2.33. The summed E-state index contributed by atoms with van der Waals surface area (Å²) in [5.74, 6) is -1.24. The van der Waals surface area contributed by atoms with Gasteiger partial charge in [0.1, 0.15) is 6.61 Å². The van der Waals surface area contributed by atoms with Gasteiger partial charge in [0.05, 0.1) is 23.6 Å². The summed E-state index contributed by atoms with van der Waals surface area (Å²) >= 11 is 0. The number of hydrogen-bond donors (Lipinski definition) is 0. The van der Waals surface area contributed by atoms with Crippen molar-refractivity contribution >= 4 is 17.8 Å². The predicted molar refractivity (Wildman–Crippen MR) is 101 cm³/mol. The molecule has 0 radical (unpaired) electrons. The summed E-state index contributed by atoms with van der Waals surface area (Å²) in [4.78, 5) is 39.2. The molecule has 2 amide bonds. The fourth-order valence-corrected chi connectivity index (χ4v) is 3.04. The van der Waals surface area contributed by atoms with E-state index < -0.39 is 12.0 Å². The van der Waals surface area contributed by atoms with Crippen LogP contribution >= 0.6 is 0 Å². The number of amides is 2. The quantitative estimate of drug-likeness (QED) is 0.443. The summed E-state index contributed by atoms with van der Waals surface area (Å²) in [6.07, 6.45) is 1.71. The maximum atomic E-state index is 12.9. The van der Waals surface area contributed by atoms with Crippen LogP contribution in [0.5, 0.6) is 0 Å². The predicted octanol–water partition coefficient (Wildman–Crippen LogP) is 3.92. The number of rotatable bonds is 6. The average Bonchev–Trinajstić information content (AvgIpc) is 2.91. The molecule has 1 aliphatic heterocycles. The molecule has 0 saturated heterocycles. The van der Waals surface area contributed by atoms with Crippen molar-refractivity contribution in [2.45, 2.75) is 26.3 Å². The minimum absolute atomic E-state index is 0.0912. The number of hydrogen-bond acceptors (Lipinski definition) is 4. The molecule has 1 unspecified atom stereocenters. The smallest absolute Gasteiger partial charge is 0.308 e. The second-order valence-electron chi connectivity index (χ2n) is 6.62. The van der Waals surface area contributed by atoms with E-state index in [9.17, 15) is 14.4 Å². The van der Waals surface area contributed by atoms with Gasteiger partial charge in [0.2, 0.25) is 0 Å². The van der Waals surface area contributed by atoms with Crippen LogP contribution in [0.25, 0.3) is 0 Å². The van der Waals surface area contributed by atoms with Crippen molar-refractivity contribution in [3.05, 3.63) is 82.9 Å². The Hall–Kier alpha value is -3.21. The number of ether oxygens (including phenoxy) is 1. The second kappa shape index (κ2) is 7.99. The third-order valence-electron chi connectivity index (χ3n) is 4.42. The average molecular weight is 363 g/mol. The molecule has 1 heterocycles. The van der Waals surface area contributed by atoms with E-state index in [2.05, 4.69) is 0 Å². The normalized spacial score (nSPS) is 13.9. The minimum atomic E-state index is -0.710. The first kappa shape index (κ1) is 18.6. The summed E-state index contributed by atoms with van der Waals surface area (Å²) in [7, 11) is 0.